The van der Waals surface area contributed by atoms with E-state index in [1.54, 1.807) is 12.0 Å². The Hall–Kier alpha value is -1.96. The first-order valence-corrected chi connectivity index (χ1v) is 5.48. The Morgan fingerprint density at radius 2 is 2.28 bits per heavy atom. The van der Waals surface area contributed by atoms with E-state index in [1.165, 1.54) is 6.20 Å². The fraction of sp³-hybridized carbons (Fsp3) is 0.600. The summed E-state index contributed by atoms with van der Waals surface area (Å²) in [4.78, 5) is 24.0. The lowest BCUT2D eigenvalue weighted by Crippen LogP contribution is -2.33. The van der Waals surface area contributed by atoms with E-state index >= 15 is 0 Å². The third-order valence-electron chi connectivity index (χ3n) is 2.29. The van der Waals surface area contributed by atoms with Gasteiger partial charge in [0.25, 0.3) is 5.91 Å². The minimum atomic E-state index is -1.04. The van der Waals surface area contributed by atoms with Gasteiger partial charge in [0, 0.05) is 20.2 Å². The highest BCUT2D eigenvalue weighted by molar-refractivity contribution is 5.91. The van der Waals surface area contributed by atoms with E-state index in [1.807, 2.05) is 6.92 Å². The van der Waals surface area contributed by atoms with Crippen molar-refractivity contribution in [2.75, 3.05) is 26.8 Å². The lowest BCUT2D eigenvalue weighted by Gasteiger charge is -2.18. The Morgan fingerprint density at radius 1 is 1.56 bits per heavy atom. The molecule has 1 amide bonds. The molecule has 0 radical (unpaired) electrons. The fourth-order valence-electron chi connectivity index (χ4n) is 1.38. The zero-order valence-electron chi connectivity index (χ0n) is 10.4. The average molecular weight is 256 g/mol. The summed E-state index contributed by atoms with van der Waals surface area (Å²) in [5, 5.41) is 15.8. The Kier molecular flexibility index (Phi) is 5.25. The Balaban J connectivity index is 2.69. The van der Waals surface area contributed by atoms with Crippen molar-refractivity contribution in [3.8, 4) is 0 Å². The summed E-state index contributed by atoms with van der Waals surface area (Å²) in [7, 11) is 1.56. The fourth-order valence-corrected chi connectivity index (χ4v) is 1.38. The van der Waals surface area contributed by atoms with Crippen molar-refractivity contribution in [3.63, 3.8) is 0 Å². The number of carbonyl (C=O) groups excluding carboxylic acids is 1. The van der Waals surface area contributed by atoms with Crippen molar-refractivity contribution >= 4 is 11.9 Å². The predicted molar refractivity (Wildman–Crippen MR) is 61.1 cm³/mol. The van der Waals surface area contributed by atoms with Crippen molar-refractivity contribution in [1.82, 2.24) is 19.9 Å². The molecule has 100 valence electrons. The normalized spacial score (nSPS) is 10.3. The molecule has 18 heavy (non-hydrogen) atoms. The summed E-state index contributed by atoms with van der Waals surface area (Å²) in [6.07, 6.45) is 1.33. The van der Waals surface area contributed by atoms with Gasteiger partial charge in [0.1, 0.15) is 6.54 Å². The van der Waals surface area contributed by atoms with Crippen LogP contribution < -0.4 is 0 Å². The zero-order valence-corrected chi connectivity index (χ0v) is 10.4. The number of rotatable bonds is 7. The molecule has 0 saturated heterocycles. The van der Waals surface area contributed by atoms with E-state index in [9.17, 15) is 9.59 Å². The second kappa shape index (κ2) is 6.70. The van der Waals surface area contributed by atoms with Crippen LogP contribution in [0.25, 0.3) is 0 Å². The third kappa shape index (κ3) is 3.81. The summed E-state index contributed by atoms with van der Waals surface area (Å²) in [5.74, 6) is -1.32. The van der Waals surface area contributed by atoms with Gasteiger partial charge in [-0.05, 0) is 6.92 Å². The van der Waals surface area contributed by atoms with E-state index in [0.717, 1.165) is 4.68 Å². The van der Waals surface area contributed by atoms with Crippen molar-refractivity contribution in [3.05, 3.63) is 11.9 Å². The van der Waals surface area contributed by atoms with E-state index in [0.29, 0.717) is 19.7 Å². The first-order valence-electron chi connectivity index (χ1n) is 5.48. The van der Waals surface area contributed by atoms with Crippen molar-refractivity contribution in [2.45, 2.75) is 13.5 Å². The van der Waals surface area contributed by atoms with Gasteiger partial charge in [0.05, 0.1) is 12.8 Å². The number of likely N-dealkylation sites (N-methyl/N-ethyl adjacent to an activating group) is 1. The largest absolute Gasteiger partial charge is 0.480 e. The minimum Gasteiger partial charge on any atom is -0.480 e. The molecule has 1 aromatic rings. The Morgan fingerprint density at radius 3 is 2.83 bits per heavy atom. The third-order valence-corrected chi connectivity index (χ3v) is 2.29. The molecule has 0 aliphatic rings. The van der Waals surface area contributed by atoms with Gasteiger partial charge < -0.3 is 14.7 Å². The van der Waals surface area contributed by atoms with Gasteiger partial charge in [0.15, 0.2) is 5.69 Å². The van der Waals surface area contributed by atoms with Crippen molar-refractivity contribution < 1.29 is 19.4 Å². The van der Waals surface area contributed by atoms with Gasteiger partial charge >= 0.3 is 5.97 Å². The van der Waals surface area contributed by atoms with Crippen LogP contribution in [0, 0.1) is 0 Å². The van der Waals surface area contributed by atoms with Gasteiger partial charge in [-0.3, -0.25) is 9.59 Å². The molecule has 8 nitrogen and oxygen atoms in total. The van der Waals surface area contributed by atoms with Crippen LogP contribution in [0.2, 0.25) is 0 Å². The van der Waals surface area contributed by atoms with Gasteiger partial charge in [-0.15, -0.1) is 5.10 Å². The zero-order chi connectivity index (χ0) is 13.5. The van der Waals surface area contributed by atoms with Crippen LogP contribution in [-0.2, 0) is 16.1 Å². The van der Waals surface area contributed by atoms with Crippen LogP contribution in [0.3, 0.4) is 0 Å². The highest BCUT2D eigenvalue weighted by Crippen LogP contribution is 2.01. The Bertz CT molecular complexity index is 418. The summed E-state index contributed by atoms with van der Waals surface area (Å²) in [5.41, 5.74) is 0.134. The maximum absolute atomic E-state index is 12.0. The summed E-state index contributed by atoms with van der Waals surface area (Å²) in [6.45, 7) is 2.94. The molecule has 0 atom stereocenters. The SMILES string of the molecule is CCN(CCOC)C(=O)c1cn(CC(=O)O)nn1. The molecule has 0 saturated carbocycles. The number of ether oxygens (including phenoxy) is 1. The number of aromatic nitrogens is 3. The van der Waals surface area contributed by atoms with E-state index < -0.39 is 5.97 Å². The number of carboxylic acids is 1. The van der Waals surface area contributed by atoms with Crippen LogP contribution >= 0.6 is 0 Å². The molecule has 1 aromatic heterocycles. The number of methoxy groups -OCH3 is 1. The molecule has 0 fully saturated rings. The number of nitrogens with zero attached hydrogens (tertiary/aromatic N) is 4. The number of carbonyl (C=O) groups is 2. The van der Waals surface area contributed by atoms with Crippen LogP contribution in [0.15, 0.2) is 6.20 Å². The second-order valence-electron chi connectivity index (χ2n) is 3.57. The molecule has 1 heterocycles. The summed E-state index contributed by atoms with van der Waals surface area (Å²) < 4.78 is 6.02. The summed E-state index contributed by atoms with van der Waals surface area (Å²) in [6, 6.07) is 0. The van der Waals surface area contributed by atoms with Crippen LogP contribution in [0.1, 0.15) is 17.4 Å². The maximum Gasteiger partial charge on any atom is 0.325 e. The molecule has 0 spiro atoms. The van der Waals surface area contributed by atoms with Crippen molar-refractivity contribution in [1.29, 1.82) is 0 Å². The molecule has 0 unspecified atom stereocenters. The molecular formula is C10H16N4O4. The molecule has 0 bridgehead atoms. The summed E-state index contributed by atoms with van der Waals surface area (Å²) >= 11 is 0. The van der Waals surface area contributed by atoms with Gasteiger partial charge in [-0.25, -0.2) is 4.68 Å². The maximum atomic E-state index is 12.0. The monoisotopic (exact) mass is 256 g/mol. The highest BCUT2D eigenvalue weighted by atomic mass is 16.5. The lowest BCUT2D eigenvalue weighted by atomic mass is 10.3. The number of hydrogen-bond acceptors (Lipinski definition) is 5. The average Bonchev–Trinajstić information content (AvgIpc) is 2.77. The Labute approximate surface area is 104 Å². The standard InChI is InChI=1S/C10H16N4O4/c1-3-13(4-5-18-2)10(17)8-6-14(12-11-8)7-9(15)16/h6H,3-5,7H2,1-2H3,(H,15,16). The lowest BCUT2D eigenvalue weighted by molar-refractivity contribution is -0.137. The van der Waals surface area contributed by atoms with Crippen LogP contribution in [0.5, 0.6) is 0 Å². The number of carboxylic acid groups (broad SMARTS) is 1. The number of hydrogen-bond donors (Lipinski definition) is 1. The molecule has 0 aliphatic carbocycles. The van der Waals surface area contributed by atoms with Crippen molar-refractivity contribution in [2.24, 2.45) is 0 Å². The molecular weight excluding hydrogens is 240 g/mol. The van der Waals surface area contributed by atoms with Gasteiger partial charge in [-0.2, -0.15) is 0 Å². The van der Waals surface area contributed by atoms with Crippen LogP contribution in [0.4, 0.5) is 0 Å². The quantitative estimate of drug-likeness (QED) is 0.704. The smallest absolute Gasteiger partial charge is 0.325 e. The topological polar surface area (TPSA) is 97.5 Å². The molecule has 1 rings (SSSR count). The molecule has 0 aliphatic heterocycles. The van der Waals surface area contributed by atoms with E-state index in [-0.39, 0.29) is 18.1 Å². The molecule has 0 aromatic carbocycles. The van der Waals surface area contributed by atoms with Gasteiger partial charge in [0.2, 0.25) is 0 Å². The number of amides is 1. The molecule has 8 heteroatoms. The van der Waals surface area contributed by atoms with E-state index in [4.69, 9.17) is 9.84 Å². The van der Waals surface area contributed by atoms with Crippen LogP contribution in [-0.4, -0.2) is 63.7 Å². The minimum absolute atomic E-state index is 0.134. The first-order chi connectivity index (χ1) is 8.58. The predicted octanol–water partition coefficient (Wildman–Crippen LogP) is -0.529. The first kappa shape index (κ1) is 14.1. The highest BCUT2D eigenvalue weighted by Gasteiger charge is 2.17. The molecule has 1 N–H and O–H groups in total. The van der Waals surface area contributed by atoms with Gasteiger partial charge in [-0.1, -0.05) is 5.21 Å². The van der Waals surface area contributed by atoms with E-state index in [2.05, 4.69) is 10.3 Å². The number of aliphatic carboxylic acids is 1. The second-order valence-corrected chi connectivity index (χ2v) is 3.57.